The monoisotopic (exact) mass is 411 g/mol. The molecule has 0 saturated carbocycles. The topological polar surface area (TPSA) is 222 Å². The number of nitrogens with zero attached hydrogens (tertiary/aromatic N) is 1. The Bertz CT molecular complexity index is 736. The highest BCUT2D eigenvalue weighted by Crippen LogP contribution is 1.99. The zero-order valence-corrected chi connectivity index (χ0v) is 15.8. The van der Waals surface area contributed by atoms with Crippen LogP contribution in [0.5, 0.6) is 0 Å². The van der Waals surface area contributed by atoms with E-state index >= 15 is 0 Å². The van der Waals surface area contributed by atoms with Gasteiger partial charge in [0.15, 0.2) is 0 Å². The normalized spacial score (nSPS) is 13.6. The molecule has 0 aliphatic rings. The van der Waals surface area contributed by atoms with Crippen LogP contribution in [-0.4, -0.2) is 69.3 Å². The van der Waals surface area contributed by atoms with Gasteiger partial charge in [-0.2, -0.15) is 0 Å². The van der Waals surface area contributed by atoms with Gasteiger partial charge in [0.2, 0.25) is 23.6 Å². The lowest BCUT2D eigenvalue weighted by Crippen LogP contribution is -2.53. The SMILES string of the molecule is CC(NC(=O)C(CCC(N)=O)NC(=O)CNC(=O)C(N)Cc1cnc[nH]1)C(=O)O. The van der Waals surface area contributed by atoms with Gasteiger partial charge < -0.3 is 37.5 Å². The minimum absolute atomic E-state index is 0.132. The third kappa shape index (κ3) is 8.83. The van der Waals surface area contributed by atoms with Crippen LogP contribution in [0.2, 0.25) is 0 Å². The summed E-state index contributed by atoms with van der Waals surface area (Å²) < 4.78 is 0. The summed E-state index contributed by atoms with van der Waals surface area (Å²) in [5.41, 5.74) is 11.4. The van der Waals surface area contributed by atoms with E-state index in [-0.39, 0.29) is 19.3 Å². The van der Waals surface area contributed by atoms with Gasteiger partial charge in [0.1, 0.15) is 12.1 Å². The molecule has 29 heavy (non-hydrogen) atoms. The Balaban J connectivity index is 2.56. The molecule has 160 valence electrons. The first-order valence-corrected chi connectivity index (χ1v) is 8.71. The molecule has 0 aliphatic carbocycles. The molecule has 1 rings (SSSR count). The number of amides is 4. The van der Waals surface area contributed by atoms with Gasteiger partial charge >= 0.3 is 5.97 Å². The smallest absolute Gasteiger partial charge is 0.325 e. The maximum absolute atomic E-state index is 12.2. The Morgan fingerprint density at radius 3 is 2.45 bits per heavy atom. The molecule has 4 amide bonds. The standard InChI is InChI=1S/C16H25N7O6/c1-8(16(28)29)22-15(27)11(2-3-12(18)24)23-13(25)6-20-14(26)10(17)4-9-5-19-7-21-9/h5,7-8,10-11H,2-4,6,17H2,1H3,(H2,18,24)(H,19,21)(H,20,26)(H,22,27)(H,23,25)(H,28,29). The number of rotatable bonds is 12. The lowest BCUT2D eigenvalue weighted by Gasteiger charge is -2.20. The summed E-state index contributed by atoms with van der Waals surface area (Å²) in [5.74, 6) is -4.07. The summed E-state index contributed by atoms with van der Waals surface area (Å²) >= 11 is 0. The van der Waals surface area contributed by atoms with Crippen LogP contribution in [0.25, 0.3) is 0 Å². The zero-order chi connectivity index (χ0) is 22.0. The van der Waals surface area contributed by atoms with Crippen LogP contribution in [0.4, 0.5) is 0 Å². The van der Waals surface area contributed by atoms with Crippen molar-refractivity contribution in [2.75, 3.05) is 6.54 Å². The molecule has 0 bridgehead atoms. The van der Waals surface area contributed by atoms with Gasteiger partial charge in [-0.15, -0.1) is 0 Å². The fourth-order valence-corrected chi connectivity index (χ4v) is 2.20. The highest BCUT2D eigenvalue weighted by atomic mass is 16.4. The number of hydrogen-bond acceptors (Lipinski definition) is 7. The largest absolute Gasteiger partial charge is 0.480 e. The van der Waals surface area contributed by atoms with Gasteiger partial charge in [-0.3, -0.25) is 24.0 Å². The fraction of sp³-hybridized carbons (Fsp3) is 0.500. The molecule has 13 heteroatoms. The number of aromatic nitrogens is 2. The molecule has 1 heterocycles. The van der Waals surface area contributed by atoms with Crippen molar-refractivity contribution in [2.45, 2.75) is 44.3 Å². The zero-order valence-electron chi connectivity index (χ0n) is 15.8. The van der Waals surface area contributed by atoms with Crippen LogP contribution in [-0.2, 0) is 30.4 Å². The molecule has 0 radical (unpaired) electrons. The molecular weight excluding hydrogens is 386 g/mol. The van der Waals surface area contributed by atoms with E-state index in [1.165, 1.54) is 19.4 Å². The first-order chi connectivity index (χ1) is 13.6. The van der Waals surface area contributed by atoms with E-state index < -0.39 is 54.3 Å². The van der Waals surface area contributed by atoms with E-state index in [1.54, 1.807) is 0 Å². The number of primary amides is 1. The lowest BCUT2D eigenvalue weighted by molar-refractivity contribution is -0.141. The first-order valence-electron chi connectivity index (χ1n) is 8.71. The summed E-state index contributed by atoms with van der Waals surface area (Å²) in [6.07, 6.45) is 2.80. The number of hydrogen-bond donors (Lipinski definition) is 7. The van der Waals surface area contributed by atoms with E-state index in [4.69, 9.17) is 16.6 Å². The minimum Gasteiger partial charge on any atom is -0.480 e. The molecule has 13 nitrogen and oxygen atoms in total. The quantitative estimate of drug-likeness (QED) is 0.184. The number of carboxylic acids is 1. The van der Waals surface area contributed by atoms with Gasteiger partial charge in [0, 0.05) is 24.7 Å². The van der Waals surface area contributed by atoms with Crippen molar-refractivity contribution < 1.29 is 29.1 Å². The third-order valence-electron chi connectivity index (χ3n) is 3.81. The summed E-state index contributed by atoms with van der Waals surface area (Å²) in [5, 5.41) is 15.7. The average Bonchev–Trinajstić information content (AvgIpc) is 3.15. The van der Waals surface area contributed by atoms with Gasteiger partial charge in [-0.1, -0.05) is 0 Å². The maximum Gasteiger partial charge on any atom is 0.325 e. The Labute approximate surface area is 166 Å². The number of carboxylic acid groups (broad SMARTS) is 1. The van der Waals surface area contributed by atoms with Crippen LogP contribution < -0.4 is 27.4 Å². The molecule has 1 aromatic rings. The van der Waals surface area contributed by atoms with Gasteiger partial charge in [-0.05, 0) is 13.3 Å². The Hall–Kier alpha value is -3.48. The molecule has 3 atom stereocenters. The fourth-order valence-electron chi connectivity index (χ4n) is 2.20. The number of nitrogens with two attached hydrogens (primary N) is 2. The van der Waals surface area contributed by atoms with Crippen LogP contribution in [0.15, 0.2) is 12.5 Å². The van der Waals surface area contributed by atoms with E-state index in [2.05, 4.69) is 25.9 Å². The summed E-state index contributed by atoms with van der Waals surface area (Å²) in [4.78, 5) is 64.6. The van der Waals surface area contributed by atoms with Crippen molar-refractivity contribution in [3.05, 3.63) is 18.2 Å². The Morgan fingerprint density at radius 1 is 1.21 bits per heavy atom. The van der Waals surface area contributed by atoms with Crippen molar-refractivity contribution in [3.63, 3.8) is 0 Å². The summed E-state index contributed by atoms with van der Waals surface area (Å²) in [6.45, 7) is 0.777. The second-order valence-corrected chi connectivity index (χ2v) is 6.30. The number of aliphatic carboxylic acids is 1. The van der Waals surface area contributed by atoms with Crippen LogP contribution in [0.3, 0.4) is 0 Å². The predicted octanol–water partition coefficient (Wildman–Crippen LogP) is -3.26. The minimum atomic E-state index is -1.27. The lowest BCUT2D eigenvalue weighted by atomic mass is 10.1. The number of H-pyrrole nitrogens is 1. The Kier molecular flexibility index (Phi) is 9.25. The van der Waals surface area contributed by atoms with Crippen molar-refractivity contribution in [1.29, 1.82) is 0 Å². The molecule has 0 aliphatic heterocycles. The number of aromatic amines is 1. The first kappa shape index (κ1) is 23.6. The molecule has 0 aromatic carbocycles. The highest BCUT2D eigenvalue weighted by Gasteiger charge is 2.25. The number of carbonyl (C=O) groups is 5. The van der Waals surface area contributed by atoms with Crippen LogP contribution in [0.1, 0.15) is 25.5 Å². The molecule has 3 unspecified atom stereocenters. The van der Waals surface area contributed by atoms with Crippen molar-refractivity contribution in [3.8, 4) is 0 Å². The van der Waals surface area contributed by atoms with Gasteiger partial charge in [-0.25, -0.2) is 4.98 Å². The molecule has 0 spiro atoms. The van der Waals surface area contributed by atoms with Crippen molar-refractivity contribution >= 4 is 29.6 Å². The van der Waals surface area contributed by atoms with E-state index in [0.29, 0.717) is 5.69 Å². The molecule has 0 saturated heterocycles. The van der Waals surface area contributed by atoms with E-state index in [0.717, 1.165) is 0 Å². The number of imidazole rings is 1. The predicted molar refractivity (Wildman–Crippen MR) is 98.9 cm³/mol. The van der Waals surface area contributed by atoms with E-state index in [1.807, 2.05) is 0 Å². The molecular formula is C16H25N7O6. The van der Waals surface area contributed by atoms with Crippen molar-refractivity contribution in [1.82, 2.24) is 25.9 Å². The molecule has 9 N–H and O–H groups in total. The van der Waals surface area contributed by atoms with Crippen molar-refractivity contribution in [2.24, 2.45) is 11.5 Å². The maximum atomic E-state index is 12.2. The Morgan fingerprint density at radius 2 is 1.90 bits per heavy atom. The summed E-state index contributed by atoms with van der Waals surface area (Å²) in [7, 11) is 0. The highest BCUT2D eigenvalue weighted by molar-refractivity contribution is 5.92. The molecule has 0 fully saturated rings. The number of carbonyl (C=O) groups excluding carboxylic acids is 4. The van der Waals surface area contributed by atoms with Gasteiger partial charge in [0.05, 0.1) is 18.9 Å². The van der Waals surface area contributed by atoms with Crippen LogP contribution >= 0.6 is 0 Å². The third-order valence-corrected chi connectivity index (χ3v) is 3.81. The second kappa shape index (κ2) is 11.4. The molecule has 1 aromatic heterocycles. The summed E-state index contributed by atoms with van der Waals surface area (Å²) in [6, 6.07) is -3.32. The van der Waals surface area contributed by atoms with Crippen LogP contribution in [0, 0.1) is 0 Å². The number of nitrogens with one attached hydrogen (secondary N) is 4. The average molecular weight is 411 g/mol. The van der Waals surface area contributed by atoms with Gasteiger partial charge in [0.25, 0.3) is 0 Å². The van der Waals surface area contributed by atoms with E-state index in [9.17, 15) is 24.0 Å². The second-order valence-electron chi connectivity index (χ2n) is 6.30.